The Balaban J connectivity index is 2.52. The Morgan fingerprint density at radius 1 is 1.64 bits per heavy atom. The van der Waals surface area contributed by atoms with Gasteiger partial charge in [0.05, 0.1) is 0 Å². The van der Waals surface area contributed by atoms with Crippen LogP contribution in [0.4, 0.5) is 0 Å². The average molecular weight is 152 g/mol. The highest BCUT2D eigenvalue weighted by atomic mass is 16.1. The van der Waals surface area contributed by atoms with Gasteiger partial charge in [-0.25, -0.2) is 0 Å². The topological polar surface area (TPSA) is 17.1 Å². The van der Waals surface area contributed by atoms with Crippen LogP contribution in [0.1, 0.15) is 33.1 Å². The van der Waals surface area contributed by atoms with E-state index in [9.17, 15) is 4.79 Å². The van der Waals surface area contributed by atoms with Crippen LogP contribution in [0, 0.1) is 11.8 Å². The molecular formula is C10H16O. The third-order valence-corrected chi connectivity index (χ3v) is 2.62. The van der Waals surface area contributed by atoms with E-state index < -0.39 is 0 Å². The second kappa shape index (κ2) is 3.21. The van der Waals surface area contributed by atoms with Gasteiger partial charge in [0.1, 0.15) is 5.78 Å². The van der Waals surface area contributed by atoms with E-state index in [1.165, 1.54) is 5.57 Å². The highest BCUT2D eigenvalue weighted by Gasteiger charge is 2.25. The molecule has 0 unspecified atom stereocenters. The number of hydrogen-bond acceptors (Lipinski definition) is 1. The van der Waals surface area contributed by atoms with Gasteiger partial charge in [-0.15, -0.1) is 0 Å². The molecule has 1 fully saturated rings. The summed E-state index contributed by atoms with van der Waals surface area (Å²) >= 11 is 0. The molecule has 1 rings (SSSR count). The summed E-state index contributed by atoms with van der Waals surface area (Å²) < 4.78 is 0. The third-order valence-electron chi connectivity index (χ3n) is 2.62. The fourth-order valence-electron chi connectivity index (χ4n) is 1.69. The summed E-state index contributed by atoms with van der Waals surface area (Å²) in [6, 6.07) is 0. The molecule has 1 nitrogen and oxygen atoms in total. The summed E-state index contributed by atoms with van der Waals surface area (Å²) in [5.74, 6) is 1.30. The quantitative estimate of drug-likeness (QED) is 0.528. The van der Waals surface area contributed by atoms with Crippen LogP contribution in [-0.2, 0) is 4.79 Å². The average Bonchev–Trinajstić information content (AvgIpc) is 1.94. The lowest BCUT2D eigenvalue weighted by Gasteiger charge is -2.25. The fourth-order valence-corrected chi connectivity index (χ4v) is 1.69. The molecular weight excluding hydrogens is 136 g/mol. The number of carbonyl (C=O) groups excluding carboxylic acids is 1. The van der Waals surface area contributed by atoms with E-state index in [1.807, 2.05) is 6.92 Å². The zero-order valence-corrected chi connectivity index (χ0v) is 7.39. The van der Waals surface area contributed by atoms with E-state index in [-0.39, 0.29) is 5.92 Å². The van der Waals surface area contributed by atoms with Gasteiger partial charge in [-0.1, -0.05) is 19.1 Å². The maximum Gasteiger partial charge on any atom is 0.135 e. The van der Waals surface area contributed by atoms with Crippen molar-refractivity contribution in [3.63, 3.8) is 0 Å². The molecule has 0 amide bonds. The summed E-state index contributed by atoms with van der Waals surface area (Å²) in [6.45, 7) is 8.01. The molecule has 62 valence electrons. The lowest BCUT2D eigenvalue weighted by Crippen LogP contribution is -2.22. The van der Waals surface area contributed by atoms with Gasteiger partial charge >= 0.3 is 0 Å². The summed E-state index contributed by atoms with van der Waals surface area (Å²) in [7, 11) is 0. The molecule has 11 heavy (non-hydrogen) atoms. The number of carbonyl (C=O) groups is 1. The van der Waals surface area contributed by atoms with Crippen LogP contribution >= 0.6 is 0 Å². The first-order valence-electron chi connectivity index (χ1n) is 4.29. The van der Waals surface area contributed by atoms with Crippen molar-refractivity contribution in [2.45, 2.75) is 33.1 Å². The van der Waals surface area contributed by atoms with Gasteiger partial charge in [0.25, 0.3) is 0 Å². The van der Waals surface area contributed by atoms with Gasteiger partial charge in [0, 0.05) is 12.3 Å². The summed E-state index contributed by atoms with van der Waals surface area (Å²) in [5.41, 5.74) is 1.24. The Labute approximate surface area is 68.5 Å². The zero-order valence-electron chi connectivity index (χ0n) is 7.39. The van der Waals surface area contributed by atoms with E-state index in [4.69, 9.17) is 0 Å². The van der Waals surface area contributed by atoms with E-state index in [1.54, 1.807) is 0 Å². The predicted molar refractivity (Wildman–Crippen MR) is 46.3 cm³/mol. The van der Waals surface area contributed by atoms with Crippen molar-refractivity contribution in [1.82, 2.24) is 0 Å². The number of rotatable bonds is 1. The normalized spacial score (nSPS) is 32.0. The van der Waals surface area contributed by atoms with Crippen molar-refractivity contribution >= 4 is 5.78 Å². The van der Waals surface area contributed by atoms with Crippen LogP contribution in [0.15, 0.2) is 12.2 Å². The van der Waals surface area contributed by atoms with Gasteiger partial charge < -0.3 is 0 Å². The molecule has 0 heterocycles. The van der Waals surface area contributed by atoms with Gasteiger partial charge in [-0.05, 0) is 25.7 Å². The van der Waals surface area contributed by atoms with Crippen molar-refractivity contribution in [2.75, 3.05) is 0 Å². The number of Topliss-reactive ketones (excluding diaryl/α,β-unsaturated/α-hetero) is 1. The standard InChI is InChI=1S/C10H16O/c1-7(2)9-4-5-10(11)8(3)6-9/h8-9H,1,4-6H2,2-3H3/t8-,9-/m1/s1. The number of allylic oxidation sites excluding steroid dienone is 1. The van der Waals surface area contributed by atoms with Crippen molar-refractivity contribution in [3.8, 4) is 0 Å². The maximum absolute atomic E-state index is 11.1. The lowest BCUT2D eigenvalue weighted by atomic mass is 9.79. The molecule has 0 saturated heterocycles. The minimum Gasteiger partial charge on any atom is -0.299 e. The summed E-state index contributed by atoms with van der Waals surface area (Å²) in [4.78, 5) is 11.1. The monoisotopic (exact) mass is 152 g/mol. The van der Waals surface area contributed by atoms with Crippen molar-refractivity contribution in [2.24, 2.45) is 11.8 Å². The Kier molecular flexibility index (Phi) is 2.48. The molecule has 1 heteroatoms. The fraction of sp³-hybridized carbons (Fsp3) is 0.700. The van der Waals surface area contributed by atoms with Crippen LogP contribution < -0.4 is 0 Å². The van der Waals surface area contributed by atoms with E-state index in [0.717, 1.165) is 19.3 Å². The molecule has 0 radical (unpaired) electrons. The van der Waals surface area contributed by atoms with Gasteiger partial charge in [0.15, 0.2) is 0 Å². The molecule has 0 aromatic heterocycles. The van der Waals surface area contributed by atoms with Gasteiger partial charge in [0.2, 0.25) is 0 Å². The van der Waals surface area contributed by atoms with Crippen molar-refractivity contribution < 1.29 is 4.79 Å². The Hall–Kier alpha value is -0.590. The molecule has 0 aromatic carbocycles. The van der Waals surface area contributed by atoms with E-state index >= 15 is 0 Å². The van der Waals surface area contributed by atoms with Crippen LogP contribution in [0.25, 0.3) is 0 Å². The molecule has 1 aliphatic carbocycles. The molecule has 0 N–H and O–H groups in total. The molecule has 0 aliphatic heterocycles. The number of hydrogen-bond donors (Lipinski definition) is 0. The van der Waals surface area contributed by atoms with E-state index in [0.29, 0.717) is 11.7 Å². The van der Waals surface area contributed by atoms with Gasteiger partial charge in [-0.2, -0.15) is 0 Å². The first-order valence-corrected chi connectivity index (χ1v) is 4.29. The predicted octanol–water partition coefficient (Wildman–Crippen LogP) is 2.57. The molecule has 0 spiro atoms. The molecule has 0 bridgehead atoms. The Bertz CT molecular complexity index is 181. The molecule has 1 aliphatic rings. The van der Waals surface area contributed by atoms with Crippen molar-refractivity contribution in [1.29, 1.82) is 0 Å². The zero-order chi connectivity index (χ0) is 8.43. The summed E-state index contributed by atoms with van der Waals surface area (Å²) in [6.07, 6.45) is 2.81. The van der Waals surface area contributed by atoms with Crippen LogP contribution in [0.3, 0.4) is 0 Å². The second-order valence-electron chi connectivity index (χ2n) is 3.69. The molecule has 0 aromatic rings. The van der Waals surface area contributed by atoms with Crippen LogP contribution in [0.5, 0.6) is 0 Å². The largest absolute Gasteiger partial charge is 0.299 e. The lowest BCUT2D eigenvalue weighted by molar-refractivity contribution is -0.124. The first kappa shape index (κ1) is 8.51. The minimum atomic E-state index is 0.269. The van der Waals surface area contributed by atoms with E-state index in [2.05, 4.69) is 13.5 Å². The van der Waals surface area contributed by atoms with Gasteiger partial charge in [-0.3, -0.25) is 4.79 Å². The maximum atomic E-state index is 11.1. The Morgan fingerprint density at radius 3 is 2.73 bits per heavy atom. The second-order valence-corrected chi connectivity index (χ2v) is 3.69. The highest BCUT2D eigenvalue weighted by Crippen LogP contribution is 2.30. The minimum absolute atomic E-state index is 0.269. The summed E-state index contributed by atoms with van der Waals surface area (Å²) in [5, 5.41) is 0. The molecule has 2 atom stereocenters. The van der Waals surface area contributed by atoms with Crippen LogP contribution in [-0.4, -0.2) is 5.78 Å². The smallest absolute Gasteiger partial charge is 0.135 e. The Morgan fingerprint density at radius 2 is 2.27 bits per heavy atom. The van der Waals surface area contributed by atoms with Crippen LogP contribution in [0.2, 0.25) is 0 Å². The highest BCUT2D eigenvalue weighted by molar-refractivity contribution is 5.81. The third kappa shape index (κ3) is 1.92. The number of ketones is 1. The van der Waals surface area contributed by atoms with Crippen molar-refractivity contribution in [3.05, 3.63) is 12.2 Å². The first-order chi connectivity index (χ1) is 5.11. The molecule has 1 saturated carbocycles. The SMILES string of the molecule is C=C(C)[C@@H]1CCC(=O)[C@H](C)C1.